The van der Waals surface area contributed by atoms with Gasteiger partial charge in [0, 0.05) is 17.1 Å². The third kappa shape index (κ3) is 2.04. The van der Waals surface area contributed by atoms with Crippen molar-refractivity contribution >= 4 is 21.9 Å². The Hall–Kier alpha value is -1.29. The molecule has 1 N–H and O–H groups in total. The molecule has 1 heterocycles. The summed E-state index contributed by atoms with van der Waals surface area (Å²) in [6.07, 6.45) is 0. The topological polar surface area (TPSA) is 38.1 Å². The summed E-state index contributed by atoms with van der Waals surface area (Å²) >= 11 is 3.40. The van der Waals surface area contributed by atoms with Crippen LogP contribution in [0.1, 0.15) is 5.76 Å². The van der Waals surface area contributed by atoms with Gasteiger partial charge >= 0.3 is 0 Å². The van der Waals surface area contributed by atoms with Gasteiger partial charge in [-0.3, -0.25) is 0 Å². The van der Waals surface area contributed by atoms with E-state index >= 15 is 0 Å². The van der Waals surface area contributed by atoms with Crippen LogP contribution in [0.2, 0.25) is 0 Å². The van der Waals surface area contributed by atoms with Crippen molar-refractivity contribution in [3.63, 3.8) is 0 Å². The van der Waals surface area contributed by atoms with Crippen molar-refractivity contribution in [1.82, 2.24) is 4.98 Å². The first-order valence-electron chi connectivity index (χ1n) is 4.62. The molecular weight excluding hydrogens is 256 g/mol. The van der Waals surface area contributed by atoms with E-state index in [4.69, 9.17) is 4.42 Å². The number of hydrogen-bond donors (Lipinski definition) is 1. The molecule has 0 aliphatic heterocycles. The second-order valence-electron chi connectivity index (χ2n) is 3.18. The number of halogens is 1. The number of anilines is 1. The van der Waals surface area contributed by atoms with Gasteiger partial charge in [0.2, 0.25) is 0 Å². The predicted molar refractivity (Wildman–Crippen MR) is 63.9 cm³/mol. The highest BCUT2D eigenvalue weighted by atomic mass is 79.9. The van der Waals surface area contributed by atoms with Crippen molar-refractivity contribution in [1.29, 1.82) is 0 Å². The molecule has 2 aromatic rings. The van der Waals surface area contributed by atoms with E-state index in [1.807, 2.05) is 31.2 Å². The Labute approximate surface area is 96.6 Å². The molecule has 1 aromatic heterocycles. The van der Waals surface area contributed by atoms with E-state index in [1.54, 1.807) is 7.05 Å². The SMILES string of the molecule is CNc1nc(-c2ccc(Br)cc2)c(C)o1. The molecule has 0 radical (unpaired) electrons. The Kier molecular flexibility index (Phi) is 2.77. The molecule has 0 atom stereocenters. The number of nitrogens with zero attached hydrogens (tertiary/aromatic N) is 1. The van der Waals surface area contributed by atoms with Crippen LogP contribution in [0, 0.1) is 6.92 Å². The maximum absolute atomic E-state index is 5.41. The van der Waals surface area contributed by atoms with Crippen LogP contribution in [-0.4, -0.2) is 12.0 Å². The van der Waals surface area contributed by atoms with Gasteiger partial charge in [0.15, 0.2) is 0 Å². The molecule has 3 nitrogen and oxygen atoms in total. The molecule has 0 aliphatic carbocycles. The molecule has 1 aromatic carbocycles. The molecule has 0 saturated carbocycles. The summed E-state index contributed by atoms with van der Waals surface area (Å²) in [5.74, 6) is 0.821. The molecule has 0 aliphatic rings. The molecular formula is C11H11BrN2O. The third-order valence-electron chi connectivity index (χ3n) is 2.13. The maximum Gasteiger partial charge on any atom is 0.295 e. The van der Waals surface area contributed by atoms with E-state index in [2.05, 4.69) is 26.2 Å². The van der Waals surface area contributed by atoms with E-state index < -0.39 is 0 Å². The van der Waals surface area contributed by atoms with Crippen molar-refractivity contribution in [2.45, 2.75) is 6.92 Å². The Morgan fingerprint density at radius 1 is 1.27 bits per heavy atom. The summed E-state index contributed by atoms with van der Waals surface area (Å²) in [6.45, 7) is 1.91. The molecule has 0 saturated heterocycles. The quantitative estimate of drug-likeness (QED) is 0.905. The smallest absolute Gasteiger partial charge is 0.295 e. The van der Waals surface area contributed by atoms with Crippen molar-refractivity contribution in [2.75, 3.05) is 12.4 Å². The Morgan fingerprint density at radius 2 is 1.93 bits per heavy atom. The summed E-state index contributed by atoms with van der Waals surface area (Å²) in [4.78, 5) is 4.34. The molecule has 15 heavy (non-hydrogen) atoms. The summed E-state index contributed by atoms with van der Waals surface area (Å²) < 4.78 is 6.47. The number of rotatable bonds is 2. The first-order valence-corrected chi connectivity index (χ1v) is 5.41. The van der Waals surface area contributed by atoms with Crippen LogP contribution in [0.25, 0.3) is 11.3 Å². The molecule has 2 rings (SSSR count). The van der Waals surface area contributed by atoms with Crippen LogP contribution in [0.15, 0.2) is 33.2 Å². The monoisotopic (exact) mass is 266 g/mol. The molecule has 0 bridgehead atoms. The average molecular weight is 267 g/mol. The standard InChI is InChI=1S/C11H11BrN2O/c1-7-10(14-11(13-2)15-7)8-3-5-9(12)6-4-8/h3-6H,1-2H3,(H,13,14). The zero-order valence-corrected chi connectivity index (χ0v) is 10.1. The van der Waals surface area contributed by atoms with Gasteiger partial charge < -0.3 is 9.73 Å². The van der Waals surface area contributed by atoms with Crippen molar-refractivity contribution in [2.24, 2.45) is 0 Å². The first-order chi connectivity index (χ1) is 7.20. The highest BCUT2D eigenvalue weighted by Crippen LogP contribution is 2.26. The van der Waals surface area contributed by atoms with Crippen LogP contribution in [0.5, 0.6) is 0 Å². The average Bonchev–Trinajstić information content (AvgIpc) is 2.61. The summed E-state index contributed by atoms with van der Waals surface area (Å²) in [6, 6.07) is 8.54. The second-order valence-corrected chi connectivity index (χ2v) is 4.10. The van der Waals surface area contributed by atoms with E-state index in [0.29, 0.717) is 6.01 Å². The number of aryl methyl sites for hydroxylation is 1. The fourth-order valence-electron chi connectivity index (χ4n) is 1.38. The lowest BCUT2D eigenvalue weighted by Gasteiger charge is -1.96. The number of aromatic nitrogens is 1. The lowest BCUT2D eigenvalue weighted by atomic mass is 10.1. The largest absolute Gasteiger partial charge is 0.428 e. The minimum absolute atomic E-state index is 0.547. The van der Waals surface area contributed by atoms with E-state index in [0.717, 1.165) is 21.5 Å². The van der Waals surface area contributed by atoms with Gasteiger partial charge in [-0.1, -0.05) is 28.1 Å². The predicted octanol–water partition coefficient (Wildman–Crippen LogP) is 3.45. The minimum atomic E-state index is 0.547. The maximum atomic E-state index is 5.41. The lowest BCUT2D eigenvalue weighted by molar-refractivity contribution is 0.544. The van der Waals surface area contributed by atoms with E-state index in [9.17, 15) is 0 Å². The fourth-order valence-corrected chi connectivity index (χ4v) is 1.64. The number of nitrogens with one attached hydrogen (secondary N) is 1. The molecule has 0 fully saturated rings. The van der Waals surface area contributed by atoms with Crippen LogP contribution in [-0.2, 0) is 0 Å². The first kappa shape index (κ1) is 10.2. The van der Waals surface area contributed by atoms with Crippen molar-refractivity contribution < 1.29 is 4.42 Å². The van der Waals surface area contributed by atoms with Crippen LogP contribution in [0.4, 0.5) is 6.01 Å². The Balaban J connectivity index is 2.44. The minimum Gasteiger partial charge on any atom is -0.428 e. The highest BCUT2D eigenvalue weighted by molar-refractivity contribution is 9.10. The van der Waals surface area contributed by atoms with Gasteiger partial charge in [0.25, 0.3) is 6.01 Å². The van der Waals surface area contributed by atoms with Crippen molar-refractivity contribution in [3.05, 3.63) is 34.5 Å². The van der Waals surface area contributed by atoms with E-state index in [1.165, 1.54) is 0 Å². The number of hydrogen-bond acceptors (Lipinski definition) is 3. The van der Waals surface area contributed by atoms with Crippen LogP contribution < -0.4 is 5.32 Å². The molecule has 4 heteroatoms. The van der Waals surface area contributed by atoms with Gasteiger partial charge in [-0.2, -0.15) is 4.98 Å². The van der Waals surface area contributed by atoms with Crippen LogP contribution in [0.3, 0.4) is 0 Å². The van der Waals surface area contributed by atoms with Gasteiger partial charge in [0.05, 0.1) is 0 Å². The zero-order valence-electron chi connectivity index (χ0n) is 8.54. The third-order valence-corrected chi connectivity index (χ3v) is 2.66. The van der Waals surface area contributed by atoms with Gasteiger partial charge in [0.1, 0.15) is 11.5 Å². The van der Waals surface area contributed by atoms with Gasteiger partial charge in [-0.25, -0.2) is 0 Å². The lowest BCUT2D eigenvalue weighted by Crippen LogP contribution is -1.86. The number of benzene rings is 1. The molecule has 0 amide bonds. The van der Waals surface area contributed by atoms with Gasteiger partial charge in [-0.15, -0.1) is 0 Å². The normalized spacial score (nSPS) is 10.3. The molecule has 0 unspecified atom stereocenters. The van der Waals surface area contributed by atoms with Crippen LogP contribution >= 0.6 is 15.9 Å². The van der Waals surface area contributed by atoms with Gasteiger partial charge in [-0.05, 0) is 19.1 Å². The van der Waals surface area contributed by atoms with Crippen molar-refractivity contribution in [3.8, 4) is 11.3 Å². The number of oxazole rings is 1. The second kappa shape index (κ2) is 4.06. The summed E-state index contributed by atoms with van der Waals surface area (Å²) in [7, 11) is 1.79. The molecule has 0 spiro atoms. The zero-order chi connectivity index (χ0) is 10.8. The summed E-state index contributed by atoms with van der Waals surface area (Å²) in [5, 5.41) is 2.88. The van der Waals surface area contributed by atoms with E-state index in [-0.39, 0.29) is 0 Å². The Bertz CT molecular complexity index is 462. The highest BCUT2D eigenvalue weighted by Gasteiger charge is 2.09. The Morgan fingerprint density at radius 3 is 2.47 bits per heavy atom. The summed E-state index contributed by atoms with van der Waals surface area (Å²) in [5.41, 5.74) is 1.94. The fraction of sp³-hybridized carbons (Fsp3) is 0.182. The molecule has 78 valence electrons.